The number of nitrogens with one attached hydrogen (secondary N) is 1. The lowest BCUT2D eigenvalue weighted by Gasteiger charge is -2.12. The number of hydrogen-bond donors (Lipinski definition) is 1. The average molecular weight is 308 g/mol. The quantitative estimate of drug-likeness (QED) is 0.589. The fraction of sp³-hybridized carbons (Fsp3) is 0.118. The van der Waals surface area contributed by atoms with Crippen molar-refractivity contribution in [3.63, 3.8) is 0 Å². The molecular weight excluding hydrogens is 292 g/mol. The number of hydrogen-bond acceptors (Lipinski definition) is 4. The largest absolute Gasteiger partial charge is 0.377 e. The van der Waals surface area contributed by atoms with E-state index in [1.807, 2.05) is 49.3 Å². The Labute approximate surface area is 133 Å². The maximum Gasteiger partial charge on any atom is 0.278 e. The van der Waals surface area contributed by atoms with Crippen molar-refractivity contribution in [2.75, 3.05) is 19.0 Å². The number of para-hydroxylation sites is 1. The van der Waals surface area contributed by atoms with Gasteiger partial charge < -0.3 is 4.90 Å². The lowest BCUT2D eigenvalue weighted by atomic mass is 10.1. The van der Waals surface area contributed by atoms with E-state index in [1.54, 1.807) is 24.3 Å². The Morgan fingerprint density at radius 3 is 2.70 bits per heavy atom. The zero-order valence-corrected chi connectivity index (χ0v) is 12.9. The van der Waals surface area contributed by atoms with Gasteiger partial charge in [0.2, 0.25) is 0 Å². The number of nitro groups is 1. The summed E-state index contributed by atoms with van der Waals surface area (Å²) < 4.78 is 0. The van der Waals surface area contributed by atoms with Crippen LogP contribution in [0.4, 0.5) is 11.4 Å². The lowest BCUT2D eigenvalue weighted by molar-refractivity contribution is -0.385. The van der Waals surface area contributed by atoms with E-state index in [0.29, 0.717) is 5.56 Å². The van der Waals surface area contributed by atoms with E-state index in [2.05, 4.69) is 10.2 Å². The van der Waals surface area contributed by atoms with Crippen LogP contribution in [0.3, 0.4) is 0 Å². The monoisotopic (exact) mass is 308 g/mol. The SMILES string of the molecule is CN(C)c1ccc(C=Cc2n[nH]c3ccccc23)c([N+](=O)[O-])c1. The molecule has 0 spiro atoms. The minimum atomic E-state index is -0.366. The Kier molecular flexibility index (Phi) is 3.80. The summed E-state index contributed by atoms with van der Waals surface area (Å²) in [6, 6.07) is 12.9. The van der Waals surface area contributed by atoms with Crippen LogP contribution in [0.25, 0.3) is 23.1 Å². The molecule has 3 rings (SSSR count). The molecule has 2 aromatic carbocycles. The van der Waals surface area contributed by atoms with Crippen LogP contribution >= 0.6 is 0 Å². The molecule has 116 valence electrons. The Bertz CT molecular complexity index is 896. The number of rotatable bonds is 4. The van der Waals surface area contributed by atoms with Crippen molar-refractivity contribution >= 4 is 34.4 Å². The summed E-state index contributed by atoms with van der Waals surface area (Å²) in [6.45, 7) is 0. The average Bonchev–Trinajstić information content (AvgIpc) is 2.95. The number of benzene rings is 2. The maximum absolute atomic E-state index is 11.3. The first-order valence-corrected chi connectivity index (χ1v) is 7.13. The molecule has 0 saturated carbocycles. The highest BCUT2D eigenvalue weighted by Gasteiger charge is 2.13. The molecule has 0 aliphatic heterocycles. The molecule has 23 heavy (non-hydrogen) atoms. The summed E-state index contributed by atoms with van der Waals surface area (Å²) in [6.07, 6.45) is 3.51. The summed E-state index contributed by atoms with van der Waals surface area (Å²) in [7, 11) is 3.70. The zero-order valence-electron chi connectivity index (χ0n) is 12.9. The van der Waals surface area contributed by atoms with Crippen LogP contribution in [0.5, 0.6) is 0 Å². The minimum Gasteiger partial charge on any atom is -0.377 e. The number of anilines is 1. The van der Waals surface area contributed by atoms with Crippen molar-refractivity contribution < 1.29 is 4.92 Å². The number of nitro benzene ring substituents is 1. The van der Waals surface area contributed by atoms with Crippen LogP contribution in [0.15, 0.2) is 42.5 Å². The molecule has 0 aliphatic carbocycles. The molecule has 6 nitrogen and oxygen atoms in total. The van der Waals surface area contributed by atoms with Crippen molar-refractivity contribution in [1.82, 2.24) is 10.2 Å². The van der Waals surface area contributed by atoms with Crippen molar-refractivity contribution in [3.05, 3.63) is 63.8 Å². The first kappa shape index (κ1) is 14.8. The third-order valence-corrected chi connectivity index (χ3v) is 3.65. The second kappa shape index (κ2) is 5.92. The van der Waals surface area contributed by atoms with E-state index in [0.717, 1.165) is 22.3 Å². The van der Waals surface area contributed by atoms with Crippen molar-refractivity contribution in [2.45, 2.75) is 0 Å². The fourth-order valence-electron chi connectivity index (χ4n) is 2.39. The van der Waals surface area contributed by atoms with Crippen molar-refractivity contribution in [1.29, 1.82) is 0 Å². The van der Waals surface area contributed by atoms with Gasteiger partial charge in [-0.25, -0.2) is 0 Å². The van der Waals surface area contributed by atoms with Crippen LogP contribution in [0.1, 0.15) is 11.3 Å². The van der Waals surface area contributed by atoms with Gasteiger partial charge in [0.15, 0.2) is 0 Å². The van der Waals surface area contributed by atoms with Gasteiger partial charge in [0.25, 0.3) is 5.69 Å². The topological polar surface area (TPSA) is 75.1 Å². The first-order valence-electron chi connectivity index (χ1n) is 7.13. The number of fused-ring (bicyclic) bond motifs is 1. The fourth-order valence-corrected chi connectivity index (χ4v) is 2.39. The van der Waals surface area contributed by atoms with Gasteiger partial charge in [-0.3, -0.25) is 15.2 Å². The number of H-pyrrole nitrogens is 1. The normalized spacial score (nSPS) is 11.2. The van der Waals surface area contributed by atoms with Crippen molar-refractivity contribution in [3.8, 4) is 0 Å². The molecule has 0 unspecified atom stereocenters. The zero-order chi connectivity index (χ0) is 16.4. The number of nitrogens with zero attached hydrogens (tertiary/aromatic N) is 3. The molecule has 1 aromatic heterocycles. The maximum atomic E-state index is 11.3. The molecule has 0 amide bonds. The molecule has 0 fully saturated rings. The minimum absolute atomic E-state index is 0.0762. The summed E-state index contributed by atoms with van der Waals surface area (Å²) >= 11 is 0. The van der Waals surface area contributed by atoms with Crippen LogP contribution in [0, 0.1) is 10.1 Å². The molecule has 0 aliphatic rings. The Morgan fingerprint density at radius 1 is 1.17 bits per heavy atom. The van der Waals surface area contributed by atoms with Gasteiger partial charge in [0, 0.05) is 31.2 Å². The lowest BCUT2D eigenvalue weighted by Crippen LogP contribution is -2.09. The van der Waals surface area contributed by atoms with Gasteiger partial charge in [-0.05, 0) is 30.4 Å². The highest BCUT2D eigenvalue weighted by Crippen LogP contribution is 2.27. The summed E-state index contributed by atoms with van der Waals surface area (Å²) in [5, 5.41) is 19.5. The van der Waals surface area contributed by atoms with Crippen LogP contribution in [0.2, 0.25) is 0 Å². The molecule has 6 heteroatoms. The predicted octanol–water partition coefficient (Wildman–Crippen LogP) is 3.71. The Morgan fingerprint density at radius 2 is 1.96 bits per heavy atom. The van der Waals surface area contributed by atoms with Crippen LogP contribution < -0.4 is 4.90 Å². The highest BCUT2D eigenvalue weighted by molar-refractivity contribution is 5.90. The third-order valence-electron chi connectivity index (χ3n) is 3.65. The summed E-state index contributed by atoms with van der Waals surface area (Å²) in [5.41, 5.74) is 3.11. The molecule has 1 heterocycles. The van der Waals surface area contributed by atoms with Gasteiger partial charge in [-0.15, -0.1) is 0 Å². The summed E-state index contributed by atoms with van der Waals surface area (Å²) in [4.78, 5) is 12.8. The smallest absolute Gasteiger partial charge is 0.278 e. The van der Waals surface area contributed by atoms with E-state index >= 15 is 0 Å². The second-order valence-electron chi connectivity index (χ2n) is 5.38. The highest BCUT2D eigenvalue weighted by atomic mass is 16.6. The Balaban J connectivity index is 2.00. The second-order valence-corrected chi connectivity index (χ2v) is 5.38. The predicted molar refractivity (Wildman–Crippen MR) is 92.4 cm³/mol. The molecule has 0 radical (unpaired) electrons. The molecule has 1 N–H and O–H groups in total. The van der Waals surface area contributed by atoms with Gasteiger partial charge in [-0.2, -0.15) is 5.10 Å². The standard InChI is InChI=1S/C17H16N4O2/c1-20(2)13-9-7-12(17(11-13)21(22)23)8-10-16-14-5-3-4-6-15(14)18-19-16/h3-11H,1-2H3,(H,18,19). The van der Waals surface area contributed by atoms with E-state index in [-0.39, 0.29) is 10.6 Å². The molecule has 3 aromatic rings. The van der Waals surface area contributed by atoms with Crippen LogP contribution in [-0.4, -0.2) is 29.2 Å². The van der Waals surface area contributed by atoms with E-state index < -0.39 is 0 Å². The first-order chi connectivity index (χ1) is 11.1. The van der Waals surface area contributed by atoms with Gasteiger partial charge >= 0.3 is 0 Å². The Hall–Kier alpha value is -3.15. The van der Waals surface area contributed by atoms with Gasteiger partial charge in [0.05, 0.1) is 21.7 Å². The number of aromatic amines is 1. The summed E-state index contributed by atoms with van der Waals surface area (Å²) in [5.74, 6) is 0. The molecule has 0 atom stereocenters. The molecular formula is C17H16N4O2. The van der Waals surface area contributed by atoms with Crippen LogP contribution in [-0.2, 0) is 0 Å². The van der Waals surface area contributed by atoms with E-state index in [1.165, 1.54) is 0 Å². The van der Waals surface area contributed by atoms with Crippen molar-refractivity contribution in [2.24, 2.45) is 0 Å². The van der Waals surface area contributed by atoms with Gasteiger partial charge in [-0.1, -0.05) is 18.2 Å². The molecule has 0 bridgehead atoms. The van der Waals surface area contributed by atoms with E-state index in [4.69, 9.17) is 0 Å². The number of aromatic nitrogens is 2. The van der Waals surface area contributed by atoms with Gasteiger partial charge in [0.1, 0.15) is 0 Å². The van der Waals surface area contributed by atoms with E-state index in [9.17, 15) is 10.1 Å². The molecule has 0 saturated heterocycles. The third kappa shape index (κ3) is 2.91.